The van der Waals surface area contributed by atoms with Gasteiger partial charge in [-0.3, -0.25) is 4.55 Å². The zero-order chi connectivity index (χ0) is 9.35. The summed E-state index contributed by atoms with van der Waals surface area (Å²) >= 11 is 0. The normalized spacial score (nSPS) is 10.5. The third-order valence-electron chi connectivity index (χ3n) is 1.26. The molecule has 0 aromatic heterocycles. The minimum Gasteiger partial charge on any atom is -0.872 e. The number of rotatable bonds is 1. The Morgan fingerprint density at radius 1 is 1.38 bits per heavy atom. The Morgan fingerprint density at radius 3 is 2.31 bits per heavy atom. The standard InChI is InChI=1S/C6H7NO4S.K/c7-5-3-4(8)1-2-6(5)12(9,10)11;/h1-3,8H,7H2,(H,9,10,11);/q;+1/p-1. The maximum atomic E-state index is 10.6. The first-order chi connectivity index (χ1) is 5.41. The first kappa shape index (κ1) is 13.4. The van der Waals surface area contributed by atoms with Crippen LogP contribution in [-0.4, -0.2) is 13.0 Å². The Morgan fingerprint density at radius 2 is 1.92 bits per heavy atom. The van der Waals surface area contributed by atoms with Crippen LogP contribution in [0.25, 0.3) is 0 Å². The fourth-order valence-electron chi connectivity index (χ4n) is 0.761. The van der Waals surface area contributed by atoms with Crippen LogP contribution in [0, 0.1) is 0 Å². The van der Waals surface area contributed by atoms with Crippen LogP contribution in [0.1, 0.15) is 0 Å². The van der Waals surface area contributed by atoms with Crippen LogP contribution in [-0.2, 0) is 10.1 Å². The van der Waals surface area contributed by atoms with Crippen LogP contribution in [0.4, 0.5) is 5.69 Å². The van der Waals surface area contributed by atoms with Crippen molar-refractivity contribution in [2.45, 2.75) is 4.90 Å². The predicted molar refractivity (Wildman–Crippen MR) is 40.1 cm³/mol. The Bertz CT molecular complexity index is 403. The van der Waals surface area contributed by atoms with Crippen molar-refractivity contribution in [2.24, 2.45) is 0 Å². The first-order valence-electron chi connectivity index (χ1n) is 2.95. The molecule has 0 saturated carbocycles. The molecule has 0 unspecified atom stereocenters. The van der Waals surface area contributed by atoms with E-state index in [-0.39, 0.29) is 57.1 Å². The van der Waals surface area contributed by atoms with E-state index in [1.54, 1.807) is 0 Å². The van der Waals surface area contributed by atoms with E-state index >= 15 is 0 Å². The van der Waals surface area contributed by atoms with Gasteiger partial charge in [-0.05, 0) is 12.1 Å². The summed E-state index contributed by atoms with van der Waals surface area (Å²) in [5.41, 5.74) is 4.92. The van der Waals surface area contributed by atoms with E-state index in [0.29, 0.717) is 0 Å². The monoisotopic (exact) mass is 227 g/mol. The summed E-state index contributed by atoms with van der Waals surface area (Å²) in [5, 5.41) is 10.6. The van der Waals surface area contributed by atoms with Crippen LogP contribution in [0.2, 0.25) is 0 Å². The Balaban J connectivity index is 0.00000144. The molecule has 0 heterocycles. The molecule has 1 rings (SSSR count). The molecule has 0 radical (unpaired) electrons. The van der Waals surface area contributed by atoms with Crippen molar-refractivity contribution >= 4 is 15.8 Å². The number of hydrogen-bond donors (Lipinski definition) is 2. The summed E-state index contributed by atoms with van der Waals surface area (Å²) in [5.74, 6) is -0.403. The van der Waals surface area contributed by atoms with Gasteiger partial charge >= 0.3 is 51.4 Å². The summed E-state index contributed by atoms with van der Waals surface area (Å²) in [4.78, 5) is -0.442. The van der Waals surface area contributed by atoms with E-state index in [1.807, 2.05) is 0 Å². The molecule has 0 aliphatic carbocycles. The van der Waals surface area contributed by atoms with Gasteiger partial charge in [-0.1, -0.05) is 6.07 Å². The molecule has 3 N–H and O–H groups in total. The molecule has 66 valence electrons. The number of hydrogen-bond acceptors (Lipinski definition) is 4. The molecule has 0 aliphatic heterocycles. The van der Waals surface area contributed by atoms with E-state index in [0.717, 1.165) is 18.2 Å². The minimum absolute atomic E-state index is 0. The summed E-state index contributed by atoms with van der Waals surface area (Å²) in [7, 11) is -4.31. The van der Waals surface area contributed by atoms with E-state index in [4.69, 9.17) is 10.3 Å². The first-order valence-corrected chi connectivity index (χ1v) is 4.39. The van der Waals surface area contributed by atoms with Gasteiger partial charge in [0.15, 0.2) is 0 Å². The number of benzene rings is 1. The van der Waals surface area contributed by atoms with E-state index in [2.05, 4.69) is 0 Å². The summed E-state index contributed by atoms with van der Waals surface area (Å²) in [6, 6.07) is 2.91. The van der Waals surface area contributed by atoms with Crippen molar-refractivity contribution in [1.29, 1.82) is 0 Å². The zero-order valence-electron chi connectivity index (χ0n) is 6.89. The van der Waals surface area contributed by atoms with Gasteiger partial charge in [0.2, 0.25) is 0 Å². The second kappa shape index (κ2) is 4.74. The molecule has 0 amide bonds. The van der Waals surface area contributed by atoms with Gasteiger partial charge in [0.05, 0.1) is 5.69 Å². The molecule has 1 aromatic carbocycles. The van der Waals surface area contributed by atoms with Crippen molar-refractivity contribution in [1.82, 2.24) is 0 Å². The molecule has 0 saturated heterocycles. The number of anilines is 1. The fourth-order valence-corrected chi connectivity index (χ4v) is 1.36. The van der Waals surface area contributed by atoms with Crippen molar-refractivity contribution in [3.63, 3.8) is 0 Å². The molecule has 7 heteroatoms. The third-order valence-corrected chi connectivity index (χ3v) is 2.19. The minimum atomic E-state index is -4.31. The van der Waals surface area contributed by atoms with Crippen LogP contribution in [0.5, 0.6) is 5.75 Å². The average molecular weight is 227 g/mol. The van der Waals surface area contributed by atoms with Gasteiger partial charge in [-0.15, -0.1) is 5.75 Å². The quantitative estimate of drug-likeness (QED) is 0.295. The smallest absolute Gasteiger partial charge is 0.872 e. The molecule has 0 aliphatic rings. The molecule has 0 bridgehead atoms. The van der Waals surface area contributed by atoms with Crippen LogP contribution in [0.15, 0.2) is 23.1 Å². The summed E-state index contributed by atoms with van der Waals surface area (Å²) in [6.45, 7) is 0. The molecule has 5 nitrogen and oxygen atoms in total. The van der Waals surface area contributed by atoms with Crippen molar-refractivity contribution < 1.29 is 69.5 Å². The third kappa shape index (κ3) is 3.54. The van der Waals surface area contributed by atoms with Gasteiger partial charge in [0, 0.05) is 0 Å². The van der Waals surface area contributed by atoms with Crippen molar-refractivity contribution in [2.75, 3.05) is 5.73 Å². The molecule has 1 aromatic rings. The van der Waals surface area contributed by atoms with Crippen molar-refractivity contribution in [3.05, 3.63) is 18.2 Å². The molecule has 0 atom stereocenters. The maximum Gasteiger partial charge on any atom is 1.00 e. The zero-order valence-corrected chi connectivity index (χ0v) is 10.8. The van der Waals surface area contributed by atoms with Gasteiger partial charge < -0.3 is 10.8 Å². The second-order valence-electron chi connectivity index (χ2n) is 2.17. The van der Waals surface area contributed by atoms with Crippen LogP contribution in [0.3, 0.4) is 0 Å². The van der Waals surface area contributed by atoms with Crippen LogP contribution < -0.4 is 62.2 Å². The van der Waals surface area contributed by atoms with E-state index in [9.17, 15) is 13.5 Å². The van der Waals surface area contributed by atoms with Gasteiger partial charge in [-0.2, -0.15) is 8.42 Å². The van der Waals surface area contributed by atoms with Crippen molar-refractivity contribution in [3.8, 4) is 5.75 Å². The van der Waals surface area contributed by atoms with Gasteiger partial charge in [-0.25, -0.2) is 0 Å². The molecular weight excluding hydrogens is 221 g/mol. The largest absolute Gasteiger partial charge is 1.00 e. The summed E-state index contributed by atoms with van der Waals surface area (Å²) < 4.78 is 29.6. The Kier molecular flexibility index (Phi) is 4.87. The molecule has 0 spiro atoms. The number of nitrogen functional groups attached to an aromatic ring is 1. The molecule has 0 fully saturated rings. The molecule has 13 heavy (non-hydrogen) atoms. The van der Waals surface area contributed by atoms with Gasteiger partial charge in [0.25, 0.3) is 10.1 Å². The van der Waals surface area contributed by atoms with Gasteiger partial charge in [0.1, 0.15) is 4.90 Å². The summed E-state index contributed by atoms with van der Waals surface area (Å²) in [6.07, 6.45) is 0. The van der Waals surface area contributed by atoms with Crippen LogP contribution >= 0.6 is 0 Å². The maximum absolute atomic E-state index is 10.6. The number of nitrogens with two attached hydrogens (primary N) is 1. The van der Waals surface area contributed by atoms with E-state index in [1.165, 1.54) is 0 Å². The van der Waals surface area contributed by atoms with E-state index < -0.39 is 20.8 Å². The second-order valence-corrected chi connectivity index (χ2v) is 3.56. The topological polar surface area (TPSA) is 103 Å². The molecular formula is C6H6KNO4S. The Labute approximate surface area is 118 Å². The predicted octanol–water partition coefficient (Wildman–Crippen LogP) is -3.41. The fraction of sp³-hybridized carbons (Fsp3) is 0. The SMILES string of the molecule is Nc1cc([O-])ccc1S(=O)(=O)O.[K+]. The average Bonchev–Trinajstić information content (AvgIpc) is 1.83. The Hall–Kier alpha value is 0.366.